The third kappa shape index (κ3) is 7.33. The highest BCUT2D eigenvalue weighted by Crippen LogP contribution is 2.18. The maximum Gasteiger partial charge on any atom is 0.221 e. The van der Waals surface area contributed by atoms with Gasteiger partial charge in [0.1, 0.15) is 0 Å². The molecule has 88 valence electrons. The number of hydrogen-bond acceptors (Lipinski definition) is 3. The summed E-state index contributed by atoms with van der Waals surface area (Å²) in [7, 11) is 0. The number of carbonyl (C=O) groups is 1. The van der Waals surface area contributed by atoms with E-state index in [9.17, 15) is 4.79 Å². The standard InChI is InChI=1S/C11H22N2O2/c1-2-8-15-9-7-12-6-5-11(14)13-10-3-4-10/h10,12H,2-9H2,1H3,(H,13,14). The summed E-state index contributed by atoms with van der Waals surface area (Å²) in [6.45, 7) is 5.22. The minimum atomic E-state index is 0.166. The van der Waals surface area contributed by atoms with E-state index in [1.54, 1.807) is 0 Å². The van der Waals surface area contributed by atoms with E-state index in [0.29, 0.717) is 12.5 Å². The van der Waals surface area contributed by atoms with Crippen LogP contribution in [0, 0.1) is 0 Å². The van der Waals surface area contributed by atoms with E-state index >= 15 is 0 Å². The van der Waals surface area contributed by atoms with Crippen molar-refractivity contribution in [2.45, 2.75) is 38.6 Å². The van der Waals surface area contributed by atoms with Crippen molar-refractivity contribution in [2.24, 2.45) is 0 Å². The molecule has 0 unspecified atom stereocenters. The van der Waals surface area contributed by atoms with E-state index in [1.165, 1.54) is 0 Å². The first-order chi connectivity index (χ1) is 7.33. The Morgan fingerprint density at radius 3 is 2.80 bits per heavy atom. The molecule has 4 nitrogen and oxygen atoms in total. The van der Waals surface area contributed by atoms with E-state index in [2.05, 4.69) is 17.6 Å². The summed E-state index contributed by atoms with van der Waals surface area (Å²) < 4.78 is 5.30. The fourth-order valence-corrected chi connectivity index (χ4v) is 1.25. The van der Waals surface area contributed by atoms with Gasteiger partial charge in [0.2, 0.25) is 5.91 Å². The summed E-state index contributed by atoms with van der Waals surface area (Å²) in [4.78, 5) is 11.2. The van der Waals surface area contributed by atoms with Gasteiger partial charge in [-0.05, 0) is 19.3 Å². The highest BCUT2D eigenvalue weighted by atomic mass is 16.5. The molecular weight excluding hydrogens is 192 g/mol. The second-order valence-electron chi connectivity index (χ2n) is 3.95. The molecular formula is C11H22N2O2. The van der Waals surface area contributed by atoms with E-state index in [4.69, 9.17) is 4.74 Å². The lowest BCUT2D eigenvalue weighted by Crippen LogP contribution is -2.30. The van der Waals surface area contributed by atoms with Crippen LogP contribution in [-0.4, -0.2) is 38.3 Å². The zero-order valence-electron chi connectivity index (χ0n) is 9.55. The van der Waals surface area contributed by atoms with Crippen molar-refractivity contribution >= 4 is 5.91 Å². The van der Waals surface area contributed by atoms with Gasteiger partial charge in [-0.2, -0.15) is 0 Å². The molecule has 0 bridgehead atoms. The fourth-order valence-electron chi connectivity index (χ4n) is 1.25. The number of ether oxygens (including phenoxy) is 1. The van der Waals surface area contributed by atoms with Crippen LogP contribution in [0.25, 0.3) is 0 Å². The predicted octanol–water partition coefficient (Wildman–Crippen LogP) is 0.671. The molecule has 0 aromatic heterocycles. The molecule has 1 aliphatic rings. The van der Waals surface area contributed by atoms with Crippen LogP contribution in [-0.2, 0) is 9.53 Å². The highest BCUT2D eigenvalue weighted by molar-refractivity contribution is 5.76. The Kier molecular flexibility index (Phi) is 6.36. The largest absolute Gasteiger partial charge is 0.380 e. The van der Waals surface area contributed by atoms with Crippen LogP contribution >= 0.6 is 0 Å². The molecule has 4 heteroatoms. The Hall–Kier alpha value is -0.610. The van der Waals surface area contributed by atoms with Crippen LogP contribution in [0.3, 0.4) is 0 Å². The van der Waals surface area contributed by atoms with E-state index in [1.807, 2.05) is 0 Å². The molecule has 0 aliphatic heterocycles. The SMILES string of the molecule is CCCOCCNCCC(=O)NC1CC1. The van der Waals surface area contributed by atoms with Gasteiger partial charge in [-0.25, -0.2) is 0 Å². The molecule has 0 aromatic rings. The highest BCUT2D eigenvalue weighted by Gasteiger charge is 2.22. The van der Waals surface area contributed by atoms with E-state index in [-0.39, 0.29) is 5.91 Å². The van der Waals surface area contributed by atoms with Crippen molar-refractivity contribution in [3.8, 4) is 0 Å². The average Bonchev–Trinajstić information content (AvgIpc) is 3.00. The zero-order chi connectivity index (χ0) is 10.9. The third-order valence-electron chi connectivity index (χ3n) is 2.24. The summed E-state index contributed by atoms with van der Waals surface area (Å²) in [5.74, 6) is 0.166. The van der Waals surface area contributed by atoms with Crippen LogP contribution in [0.15, 0.2) is 0 Å². The quantitative estimate of drug-likeness (QED) is 0.555. The molecule has 0 heterocycles. The molecule has 0 atom stereocenters. The molecule has 1 rings (SSSR count). The minimum Gasteiger partial charge on any atom is -0.380 e. The third-order valence-corrected chi connectivity index (χ3v) is 2.24. The second kappa shape index (κ2) is 7.65. The number of hydrogen-bond donors (Lipinski definition) is 2. The molecule has 1 fully saturated rings. The van der Waals surface area contributed by atoms with Crippen LogP contribution in [0.5, 0.6) is 0 Å². The Labute approximate surface area is 91.8 Å². The molecule has 1 amide bonds. The Morgan fingerprint density at radius 2 is 2.13 bits per heavy atom. The second-order valence-corrected chi connectivity index (χ2v) is 3.95. The van der Waals surface area contributed by atoms with Gasteiger partial charge in [-0.1, -0.05) is 6.92 Å². The van der Waals surface area contributed by atoms with Crippen LogP contribution in [0.2, 0.25) is 0 Å². The molecule has 0 saturated heterocycles. The first-order valence-electron chi connectivity index (χ1n) is 5.90. The lowest BCUT2D eigenvalue weighted by Gasteiger charge is -2.05. The van der Waals surface area contributed by atoms with Gasteiger partial charge in [0.15, 0.2) is 0 Å². The first-order valence-corrected chi connectivity index (χ1v) is 5.90. The summed E-state index contributed by atoms with van der Waals surface area (Å²) in [5, 5.41) is 6.14. The monoisotopic (exact) mass is 214 g/mol. The Bertz CT molecular complexity index is 181. The number of nitrogens with one attached hydrogen (secondary N) is 2. The van der Waals surface area contributed by atoms with Crippen LogP contribution in [0.4, 0.5) is 0 Å². The molecule has 0 aromatic carbocycles. The lowest BCUT2D eigenvalue weighted by molar-refractivity contribution is -0.121. The number of amides is 1. The normalized spacial score (nSPS) is 15.3. The maximum atomic E-state index is 11.2. The molecule has 0 spiro atoms. The Morgan fingerprint density at radius 1 is 1.33 bits per heavy atom. The van der Waals surface area contributed by atoms with Gasteiger partial charge in [-0.3, -0.25) is 4.79 Å². The summed E-state index contributed by atoms with van der Waals surface area (Å²) >= 11 is 0. The van der Waals surface area contributed by atoms with Gasteiger partial charge in [0.05, 0.1) is 6.61 Å². The van der Waals surface area contributed by atoms with Crippen molar-refractivity contribution in [1.82, 2.24) is 10.6 Å². The van der Waals surface area contributed by atoms with Crippen molar-refractivity contribution in [2.75, 3.05) is 26.3 Å². The van der Waals surface area contributed by atoms with E-state index < -0.39 is 0 Å². The maximum absolute atomic E-state index is 11.2. The van der Waals surface area contributed by atoms with Crippen molar-refractivity contribution < 1.29 is 9.53 Å². The predicted molar refractivity (Wildman–Crippen MR) is 59.8 cm³/mol. The molecule has 0 radical (unpaired) electrons. The topological polar surface area (TPSA) is 50.4 Å². The lowest BCUT2D eigenvalue weighted by atomic mass is 10.4. The van der Waals surface area contributed by atoms with Crippen molar-refractivity contribution in [3.05, 3.63) is 0 Å². The van der Waals surface area contributed by atoms with Crippen LogP contribution < -0.4 is 10.6 Å². The fraction of sp³-hybridized carbons (Fsp3) is 0.909. The van der Waals surface area contributed by atoms with Gasteiger partial charge in [0.25, 0.3) is 0 Å². The molecule has 1 saturated carbocycles. The van der Waals surface area contributed by atoms with Gasteiger partial charge in [0, 0.05) is 32.2 Å². The summed E-state index contributed by atoms with van der Waals surface area (Å²) in [5.41, 5.74) is 0. The molecule has 15 heavy (non-hydrogen) atoms. The number of carbonyl (C=O) groups excluding carboxylic acids is 1. The molecule has 2 N–H and O–H groups in total. The summed E-state index contributed by atoms with van der Waals surface area (Å²) in [6, 6.07) is 0.477. The van der Waals surface area contributed by atoms with Crippen LogP contribution in [0.1, 0.15) is 32.6 Å². The smallest absolute Gasteiger partial charge is 0.221 e. The van der Waals surface area contributed by atoms with Crippen molar-refractivity contribution in [1.29, 1.82) is 0 Å². The zero-order valence-corrected chi connectivity index (χ0v) is 9.55. The van der Waals surface area contributed by atoms with Crippen molar-refractivity contribution in [3.63, 3.8) is 0 Å². The average molecular weight is 214 g/mol. The van der Waals surface area contributed by atoms with Gasteiger partial charge < -0.3 is 15.4 Å². The van der Waals surface area contributed by atoms with E-state index in [0.717, 1.165) is 45.6 Å². The minimum absolute atomic E-state index is 0.166. The first kappa shape index (κ1) is 12.5. The Balaban J connectivity index is 1.77. The number of rotatable bonds is 9. The van der Waals surface area contributed by atoms with Gasteiger partial charge in [-0.15, -0.1) is 0 Å². The molecule has 1 aliphatic carbocycles. The van der Waals surface area contributed by atoms with Gasteiger partial charge >= 0.3 is 0 Å². The summed E-state index contributed by atoms with van der Waals surface area (Å²) in [6.07, 6.45) is 3.95.